The van der Waals surface area contributed by atoms with Crippen LogP contribution in [0, 0.1) is 0 Å². The number of para-hydroxylation sites is 2. The van der Waals surface area contributed by atoms with Crippen LogP contribution in [0.4, 0.5) is 11.4 Å². The Morgan fingerprint density at radius 1 is 0.283 bits per heavy atom. The van der Waals surface area contributed by atoms with Crippen LogP contribution in [0.25, 0.3) is 67.1 Å². The normalized spacial score (nSPS) is 13.9. The molecule has 0 saturated carbocycles. The molecule has 0 spiro atoms. The third-order valence-corrected chi connectivity index (χ3v) is 10.6. The molecule has 8 heteroatoms. The molecule has 0 saturated heterocycles. The van der Waals surface area contributed by atoms with Crippen molar-refractivity contribution in [1.82, 2.24) is 29.9 Å². The highest BCUT2D eigenvalue weighted by atomic mass is 14.9. The first-order chi connectivity index (χ1) is 29.7. The summed E-state index contributed by atoms with van der Waals surface area (Å²) in [5.41, 5.74) is 14.6. The summed E-state index contributed by atoms with van der Waals surface area (Å²) in [5, 5.41) is 1.96. The lowest BCUT2D eigenvalue weighted by molar-refractivity contribution is 1.25. The second-order valence-corrected chi connectivity index (χ2v) is 14.4. The second kappa shape index (κ2) is 14.9. The van der Waals surface area contributed by atoms with Gasteiger partial charge in [-0.25, -0.2) is 29.9 Å². The Balaban J connectivity index is 1.05. The van der Waals surface area contributed by atoms with Crippen LogP contribution in [0.2, 0.25) is 0 Å². The number of hydrogen-bond acceptors (Lipinski definition) is 8. The van der Waals surface area contributed by atoms with E-state index in [0.717, 1.165) is 78.2 Å². The quantitative estimate of drug-likeness (QED) is 0.167. The second-order valence-electron chi connectivity index (χ2n) is 14.4. The lowest BCUT2D eigenvalue weighted by Gasteiger charge is -2.18. The van der Waals surface area contributed by atoms with Crippen LogP contribution in [0.1, 0.15) is 22.5 Å². The van der Waals surface area contributed by atoms with Gasteiger partial charge in [-0.2, -0.15) is 0 Å². The topological polar surface area (TPSA) is 102 Å². The summed E-state index contributed by atoms with van der Waals surface area (Å²) in [5.74, 6) is 0. The van der Waals surface area contributed by atoms with Crippen molar-refractivity contribution in [2.45, 2.75) is 0 Å². The molecule has 0 radical (unpaired) electrons. The lowest BCUT2D eigenvalue weighted by Crippen LogP contribution is -2.13. The fourth-order valence-electron chi connectivity index (χ4n) is 7.58. The molecule has 0 amide bonds. The van der Waals surface area contributed by atoms with Crippen molar-refractivity contribution in [2.24, 2.45) is 9.98 Å². The van der Waals surface area contributed by atoms with E-state index in [2.05, 4.69) is 82.8 Å². The average molecular weight is 769 g/mol. The zero-order valence-electron chi connectivity index (χ0n) is 32.1. The molecule has 11 rings (SSSR count). The van der Waals surface area contributed by atoms with Gasteiger partial charge in [-0.1, -0.05) is 109 Å². The summed E-state index contributed by atoms with van der Waals surface area (Å²) in [7, 11) is 0. The summed E-state index contributed by atoms with van der Waals surface area (Å²) in [6.45, 7) is 0. The molecule has 10 aromatic rings. The van der Waals surface area contributed by atoms with Crippen LogP contribution in [0.3, 0.4) is 0 Å². The molecule has 8 nitrogen and oxygen atoms in total. The van der Waals surface area contributed by atoms with E-state index in [1.807, 2.05) is 109 Å². The van der Waals surface area contributed by atoms with E-state index >= 15 is 0 Å². The minimum atomic E-state index is 0.681. The van der Waals surface area contributed by atoms with Gasteiger partial charge < -0.3 is 0 Å². The molecule has 0 aliphatic carbocycles. The van der Waals surface area contributed by atoms with Crippen molar-refractivity contribution >= 4 is 44.6 Å². The standard InChI is InChI=1S/C52H32N8/c1-3-13-41-37(11-1)31-47-51(57-41)49(35-25-21-33(22-26-35)39-17-9-19-45(55-39)43-15-5-7-29-53-43)60-48-32-38-12-2-4-14-42(38)58-52(48)50(59-47)36-27-23-34(24-28-36)40-18-10-20-46(56-40)44-16-6-8-30-54-44/h1-32H/b51-49?,52-50?,59-47?,59-50-,60-48?,60-49-. The molecule has 7 heterocycles. The molecule has 1 aliphatic heterocycles. The van der Waals surface area contributed by atoms with E-state index in [1.54, 1.807) is 12.4 Å². The zero-order valence-corrected chi connectivity index (χ0v) is 32.1. The third-order valence-electron chi connectivity index (χ3n) is 10.6. The number of benzene rings is 4. The Morgan fingerprint density at radius 2 is 0.667 bits per heavy atom. The molecular weight excluding hydrogens is 737 g/mol. The number of fused-ring (bicyclic) bond motifs is 4. The highest BCUT2D eigenvalue weighted by molar-refractivity contribution is 6.22. The molecule has 0 atom stereocenters. The SMILES string of the molecule is c1ccc(-c2cccc(-c3ccc(/C4=N/c5cc6ccccc6nc5/C(c5ccc(-c6cccc(-c7ccccn7)n6)cc5)=N\c5cc6ccccc6nc54)cc3)n2)nc1. The lowest BCUT2D eigenvalue weighted by atomic mass is 9.98. The first-order valence-corrected chi connectivity index (χ1v) is 19.7. The van der Waals surface area contributed by atoms with E-state index in [9.17, 15) is 0 Å². The summed E-state index contributed by atoms with van der Waals surface area (Å²) < 4.78 is 0. The number of pyridine rings is 6. The minimum absolute atomic E-state index is 0.681. The van der Waals surface area contributed by atoms with Gasteiger partial charge in [0.15, 0.2) is 0 Å². The smallest absolute Gasteiger partial charge is 0.116 e. The summed E-state index contributed by atoms with van der Waals surface area (Å²) >= 11 is 0. The summed E-state index contributed by atoms with van der Waals surface area (Å²) in [4.78, 5) is 40.4. The maximum absolute atomic E-state index is 5.47. The van der Waals surface area contributed by atoms with Crippen molar-refractivity contribution in [1.29, 1.82) is 0 Å². The van der Waals surface area contributed by atoms with E-state index in [4.69, 9.17) is 29.9 Å². The first-order valence-electron chi connectivity index (χ1n) is 19.7. The molecule has 4 aromatic carbocycles. The van der Waals surface area contributed by atoms with Gasteiger partial charge in [0.2, 0.25) is 0 Å². The van der Waals surface area contributed by atoms with Gasteiger partial charge in [-0.15, -0.1) is 0 Å². The van der Waals surface area contributed by atoms with Crippen molar-refractivity contribution in [3.05, 3.63) is 217 Å². The van der Waals surface area contributed by atoms with E-state index in [0.29, 0.717) is 34.2 Å². The number of nitrogens with zero attached hydrogens (tertiary/aromatic N) is 8. The Labute approximate surface area is 345 Å². The van der Waals surface area contributed by atoms with Crippen molar-refractivity contribution < 1.29 is 0 Å². The van der Waals surface area contributed by atoms with Gasteiger partial charge in [0, 0.05) is 45.4 Å². The zero-order chi connectivity index (χ0) is 39.8. The number of hydrogen-bond donors (Lipinski definition) is 0. The predicted molar refractivity (Wildman–Crippen MR) is 240 cm³/mol. The molecule has 1 aliphatic rings. The highest BCUT2D eigenvalue weighted by Gasteiger charge is 2.24. The number of aromatic nitrogens is 6. The monoisotopic (exact) mass is 768 g/mol. The Kier molecular flexibility index (Phi) is 8.63. The van der Waals surface area contributed by atoms with Gasteiger partial charge in [-0.3, -0.25) is 9.97 Å². The molecular formula is C52H32N8. The molecule has 0 N–H and O–H groups in total. The fourth-order valence-corrected chi connectivity index (χ4v) is 7.58. The Hall–Kier alpha value is -8.36. The van der Waals surface area contributed by atoms with E-state index in [-0.39, 0.29) is 0 Å². The van der Waals surface area contributed by atoms with Crippen LogP contribution >= 0.6 is 0 Å². The van der Waals surface area contributed by atoms with Crippen LogP contribution in [0.5, 0.6) is 0 Å². The average Bonchev–Trinajstić information content (AvgIpc) is 3.32. The van der Waals surface area contributed by atoms with Crippen LogP contribution in [0.15, 0.2) is 204 Å². The molecule has 0 unspecified atom stereocenters. The molecule has 60 heavy (non-hydrogen) atoms. The van der Waals surface area contributed by atoms with Gasteiger partial charge in [0.25, 0.3) is 0 Å². The molecule has 280 valence electrons. The Bertz CT molecular complexity index is 3070. The third kappa shape index (κ3) is 6.58. The van der Waals surface area contributed by atoms with Gasteiger partial charge >= 0.3 is 0 Å². The van der Waals surface area contributed by atoms with Gasteiger partial charge in [-0.05, 0) is 72.8 Å². The fraction of sp³-hybridized carbons (Fsp3) is 0. The molecule has 6 aromatic heterocycles. The van der Waals surface area contributed by atoms with Crippen LogP contribution in [-0.4, -0.2) is 41.3 Å². The van der Waals surface area contributed by atoms with Crippen molar-refractivity contribution in [3.8, 4) is 45.3 Å². The maximum Gasteiger partial charge on any atom is 0.116 e. The number of rotatable bonds is 6. The van der Waals surface area contributed by atoms with Gasteiger partial charge in [0.1, 0.15) is 11.4 Å². The highest BCUT2D eigenvalue weighted by Crippen LogP contribution is 2.36. The minimum Gasteiger partial charge on any atom is -0.255 e. The van der Waals surface area contributed by atoms with Crippen LogP contribution < -0.4 is 0 Å². The predicted octanol–water partition coefficient (Wildman–Crippen LogP) is 11.7. The van der Waals surface area contributed by atoms with E-state index in [1.165, 1.54) is 0 Å². The van der Waals surface area contributed by atoms with Crippen molar-refractivity contribution in [3.63, 3.8) is 0 Å². The maximum atomic E-state index is 5.47. The summed E-state index contributed by atoms with van der Waals surface area (Å²) in [6, 6.07) is 60.8. The van der Waals surface area contributed by atoms with Gasteiger partial charge in [0.05, 0.1) is 68.0 Å². The molecule has 0 bridgehead atoms. The summed E-state index contributed by atoms with van der Waals surface area (Å²) in [6.07, 6.45) is 3.57. The van der Waals surface area contributed by atoms with E-state index < -0.39 is 0 Å². The Morgan fingerprint density at radius 3 is 1.10 bits per heavy atom. The first kappa shape index (κ1) is 34.9. The van der Waals surface area contributed by atoms with Crippen molar-refractivity contribution in [2.75, 3.05) is 0 Å². The number of aliphatic imine (C=N–C) groups is 2. The van der Waals surface area contributed by atoms with Crippen LogP contribution in [-0.2, 0) is 0 Å². The molecule has 0 fully saturated rings. The largest absolute Gasteiger partial charge is 0.255 e.